The van der Waals surface area contributed by atoms with Crippen molar-refractivity contribution in [1.82, 2.24) is 15.8 Å². The minimum absolute atomic E-state index is 0. The molecule has 0 atom stereocenters. The van der Waals surface area contributed by atoms with E-state index in [-0.39, 0.29) is 36.0 Å². The molecule has 0 fully saturated rings. The molecule has 0 aliphatic carbocycles. The van der Waals surface area contributed by atoms with Crippen LogP contribution in [-0.4, -0.2) is 24.7 Å². The smallest absolute Gasteiger partial charge is 0.191 e. The fourth-order valence-electron chi connectivity index (χ4n) is 2.15. The normalized spacial score (nSPS) is 11.4. The summed E-state index contributed by atoms with van der Waals surface area (Å²) in [4.78, 5) is 4.07. The van der Waals surface area contributed by atoms with Crippen LogP contribution in [0.25, 0.3) is 0 Å². The zero-order valence-electron chi connectivity index (χ0n) is 14.5. The highest BCUT2D eigenvalue weighted by molar-refractivity contribution is 14.0. The van der Waals surface area contributed by atoms with Crippen LogP contribution in [0.4, 0.5) is 8.78 Å². The molecule has 2 rings (SSSR count). The maximum atomic E-state index is 13.6. The number of halogens is 3. The lowest BCUT2D eigenvalue weighted by Crippen LogP contribution is -2.37. The first-order valence-electron chi connectivity index (χ1n) is 7.84. The molecule has 0 radical (unpaired) electrons. The molecule has 0 bridgehead atoms. The van der Waals surface area contributed by atoms with E-state index in [1.165, 1.54) is 18.2 Å². The summed E-state index contributed by atoms with van der Waals surface area (Å²) in [5.74, 6) is 0.442. The van der Waals surface area contributed by atoms with Crippen LogP contribution in [-0.2, 0) is 13.0 Å². The Balaban J connectivity index is 0.00000312. The van der Waals surface area contributed by atoms with E-state index < -0.39 is 11.6 Å². The summed E-state index contributed by atoms with van der Waals surface area (Å²) in [6, 6.07) is 5.74. The zero-order chi connectivity index (χ0) is 17.5. The molecule has 1 aromatic heterocycles. The topological polar surface area (TPSA) is 62.5 Å². The number of guanidine groups is 1. The molecule has 0 spiro atoms. The van der Waals surface area contributed by atoms with Crippen LogP contribution >= 0.6 is 24.0 Å². The van der Waals surface area contributed by atoms with E-state index in [9.17, 15) is 8.78 Å². The number of aliphatic imine (C=N–C) groups is 1. The second-order valence-corrected chi connectivity index (χ2v) is 5.68. The van der Waals surface area contributed by atoms with Gasteiger partial charge < -0.3 is 15.2 Å². The zero-order valence-corrected chi connectivity index (χ0v) is 16.8. The Morgan fingerprint density at radius 1 is 1.24 bits per heavy atom. The van der Waals surface area contributed by atoms with Crippen molar-refractivity contribution in [3.8, 4) is 0 Å². The molecule has 1 heterocycles. The third-order valence-corrected chi connectivity index (χ3v) is 3.55. The third kappa shape index (κ3) is 6.26. The van der Waals surface area contributed by atoms with Crippen LogP contribution in [0.1, 0.15) is 36.8 Å². The highest BCUT2D eigenvalue weighted by Crippen LogP contribution is 2.14. The number of benzene rings is 1. The number of nitrogens with one attached hydrogen (secondary N) is 2. The number of hydrogen-bond donors (Lipinski definition) is 2. The van der Waals surface area contributed by atoms with E-state index in [2.05, 4.69) is 20.8 Å². The number of hydrogen-bond acceptors (Lipinski definition) is 3. The largest absolute Gasteiger partial charge is 0.359 e. The lowest BCUT2D eigenvalue weighted by Gasteiger charge is -2.11. The molecule has 2 aromatic rings. The predicted octanol–water partition coefficient (Wildman–Crippen LogP) is 3.60. The molecule has 0 unspecified atom stereocenters. The van der Waals surface area contributed by atoms with E-state index in [0.717, 1.165) is 5.69 Å². The van der Waals surface area contributed by atoms with Crippen molar-refractivity contribution < 1.29 is 13.3 Å². The molecule has 2 N–H and O–H groups in total. The average molecular weight is 464 g/mol. The molecule has 0 saturated heterocycles. The summed E-state index contributed by atoms with van der Waals surface area (Å²) < 4.78 is 32.4. The molecule has 25 heavy (non-hydrogen) atoms. The summed E-state index contributed by atoms with van der Waals surface area (Å²) in [7, 11) is 1.62. The first-order chi connectivity index (χ1) is 11.5. The summed E-state index contributed by atoms with van der Waals surface area (Å²) in [6.07, 6.45) is 0.221. The maximum Gasteiger partial charge on any atom is 0.191 e. The quantitative estimate of drug-likeness (QED) is 0.390. The van der Waals surface area contributed by atoms with Crippen molar-refractivity contribution in [2.24, 2.45) is 4.99 Å². The number of nitrogens with zero attached hydrogens (tertiary/aromatic N) is 2. The predicted molar refractivity (Wildman–Crippen MR) is 104 cm³/mol. The van der Waals surface area contributed by atoms with Crippen molar-refractivity contribution in [3.05, 3.63) is 52.9 Å². The Bertz CT molecular complexity index is 683. The van der Waals surface area contributed by atoms with Gasteiger partial charge in [-0.05, 0) is 24.5 Å². The van der Waals surface area contributed by atoms with Crippen LogP contribution < -0.4 is 10.6 Å². The van der Waals surface area contributed by atoms with Gasteiger partial charge in [-0.15, -0.1) is 24.0 Å². The van der Waals surface area contributed by atoms with Crippen molar-refractivity contribution in [3.63, 3.8) is 0 Å². The van der Waals surface area contributed by atoms with Crippen LogP contribution in [0, 0.1) is 11.6 Å². The molecular weight excluding hydrogens is 441 g/mol. The van der Waals surface area contributed by atoms with Gasteiger partial charge in [-0.3, -0.25) is 4.99 Å². The van der Waals surface area contributed by atoms with E-state index in [1.54, 1.807) is 7.05 Å². The number of aromatic nitrogens is 1. The highest BCUT2D eigenvalue weighted by atomic mass is 127. The van der Waals surface area contributed by atoms with E-state index in [4.69, 9.17) is 4.52 Å². The van der Waals surface area contributed by atoms with Gasteiger partial charge in [0, 0.05) is 25.2 Å². The Morgan fingerprint density at radius 2 is 1.92 bits per heavy atom. The molecule has 5 nitrogen and oxygen atoms in total. The summed E-state index contributed by atoms with van der Waals surface area (Å²) in [5, 5.41) is 10.1. The lowest BCUT2D eigenvalue weighted by atomic mass is 10.1. The third-order valence-electron chi connectivity index (χ3n) is 3.55. The highest BCUT2D eigenvalue weighted by Gasteiger charge is 2.10. The fourth-order valence-corrected chi connectivity index (χ4v) is 2.15. The molecule has 138 valence electrons. The average Bonchev–Trinajstić information content (AvgIpc) is 3.02. The van der Waals surface area contributed by atoms with Gasteiger partial charge >= 0.3 is 0 Å². The molecule has 0 aliphatic rings. The van der Waals surface area contributed by atoms with Gasteiger partial charge in [-0.25, -0.2) is 8.78 Å². The van der Waals surface area contributed by atoms with Crippen LogP contribution in [0.5, 0.6) is 0 Å². The van der Waals surface area contributed by atoms with Crippen molar-refractivity contribution in [2.75, 3.05) is 13.6 Å². The molecule has 0 saturated carbocycles. The second-order valence-electron chi connectivity index (χ2n) is 5.68. The van der Waals surface area contributed by atoms with Crippen molar-refractivity contribution in [1.29, 1.82) is 0 Å². The Hall–Kier alpha value is -1.71. The van der Waals surface area contributed by atoms with E-state index in [1.807, 2.05) is 19.9 Å². The van der Waals surface area contributed by atoms with Gasteiger partial charge in [0.2, 0.25) is 0 Å². The van der Waals surface area contributed by atoms with Crippen LogP contribution in [0.15, 0.2) is 33.8 Å². The molecule has 0 amide bonds. The monoisotopic (exact) mass is 464 g/mol. The Kier molecular flexibility index (Phi) is 8.81. The van der Waals surface area contributed by atoms with Gasteiger partial charge in [0.05, 0.1) is 12.2 Å². The Labute approximate surface area is 163 Å². The standard InChI is InChI=1S/C17H22F2N4O.HI/c1-11(2)16-9-12(24-23-16)10-22-17(20-3)21-8-7-13-14(18)5-4-6-15(13)19;/h4-6,9,11H,7-8,10H2,1-3H3,(H2,20,21,22);1H. The van der Waals surface area contributed by atoms with Crippen LogP contribution in [0.2, 0.25) is 0 Å². The lowest BCUT2D eigenvalue weighted by molar-refractivity contribution is 0.372. The molecule has 0 aliphatic heterocycles. The molecule has 8 heteroatoms. The minimum Gasteiger partial charge on any atom is -0.359 e. The van der Waals surface area contributed by atoms with E-state index >= 15 is 0 Å². The van der Waals surface area contributed by atoms with Gasteiger partial charge in [-0.2, -0.15) is 0 Å². The van der Waals surface area contributed by atoms with Gasteiger partial charge in [0.15, 0.2) is 11.7 Å². The minimum atomic E-state index is -0.539. The van der Waals surface area contributed by atoms with Gasteiger partial charge in [0.1, 0.15) is 11.6 Å². The van der Waals surface area contributed by atoms with E-state index in [0.29, 0.717) is 30.7 Å². The van der Waals surface area contributed by atoms with Crippen LogP contribution in [0.3, 0.4) is 0 Å². The van der Waals surface area contributed by atoms with Crippen molar-refractivity contribution >= 4 is 29.9 Å². The second kappa shape index (κ2) is 10.3. The van der Waals surface area contributed by atoms with Crippen molar-refractivity contribution in [2.45, 2.75) is 32.7 Å². The summed E-state index contributed by atoms with van der Waals surface area (Å²) >= 11 is 0. The SMILES string of the molecule is CN=C(NCCc1c(F)cccc1F)NCc1cc(C(C)C)no1.I. The summed E-state index contributed by atoms with van der Waals surface area (Å²) in [6.45, 7) is 4.85. The maximum absolute atomic E-state index is 13.6. The van der Waals surface area contributed by atoms with Gasteiger partial charge in [0.25, 0.3) is 0 Å². The summed E-state index contributed by atoms with van der Waals surface area (Å²) in [5.41, 5.74) is 0.960. The fraction of sp³-hybridized carbons (Fsp3) is 0.412. The first kappa shape index (κ1) is 21.3. The number of rotatable bonds is 6. The first-order valence-corrected chi connectivity index (χ1v) is 7.84. The van der Waals surface area contributed by atoms with Gasteiger partial charge in [-0.1, -0.05) is 25.1 Å². The Morgan fingerprint density at radius 3 is 2.48 bits per heavy atom. The molecule has 1 aromatic carbocycles. The molecular formula is C17H23F2IN4O.